The molecule has 2 aromatic carbocycles. The van der Waals surface area contributed by atoms with Crippen LogP contribution in [0.1, 0.15) is 61.6 Å². The number of rotatable bonds is 8. The standard InChI is InChI=1S/C26H32N2O3/c1-19-6-4-7-21(16-19)26(13-2-3-14-26)18-27-24(29)8-5-15-31-22-10-11-23-20(17-22)9-12-25(30)28-23/h4,6-7,10-11,16-17H,2-3,5,8-9,12-15,18H2,1H3,(H,27,29)(H,28,30). The molecule has 0 unspecified atom stereocenters. The van der Waals surface area contributed by atoms with Crippen molar-refractivity contribution in [3.63, 3.8) is 0 Å². The van der Waals surface area contributed by atoms with Crippen LogP contribution in [0.2, 0.25) is 0 Å². The van der Waals surface area contributed by atoms with Crippen LogP contribution < -0.4 is 15.4 Å². The van der Waals surface area contributed by atoms with Crippen LogP contribution in [0.15, 0.2) is 42.5 Å². The van der Waals surface area contributed by atoms with Gasteiger partial charge in [0.15, 0.2) is 0 Å². The van der Waals surface area contributed by atoms with E-state index in [0.29, 0.717) is 32.4 Å². The predicted molar refractivity (Wildman–Crippen MR) is 122 cm³/mol. The third kappa shape index (κ3) is 5.27. The molecule has 2 amide bonds. The molecule has 0 saturated heterocycles. The summed E-state index contributed by atoms with van der Waals surface area (Å²) in [5, 5.41) is 6.07. The Morgan fingerprint density at radius 3 is 2.77 bits per heavy atom. The SMILES string of the molecule is Cc1cccc(C2(CNC(=O)CCCOc3ccc4c(c3)CCC(=O)N4)CCCC2)c1. The Bertz CT molecular complexity index is 947. The van der Waals surface area contributed by atoms with Gasteiger partial charge in [-0.2, -0.15) is 0 Å². The first kappa shape index (κ1) is 21.4. The van der Waals surface area contributed by atoms with Gasteiger partial charge in [0, 0.05) is 30.5 Å². The van der Waals surface area contributed by atoms with E-state index < -0.39 is 0 Å². The Morgan fingerprint density at radius 2 is 1.97 bits per heavy atom. The van der Waals surface area contributed by atoms with Gasteiger partial charge in [-0.25, -0.2) is 0 Å². The summed E-state index contributed by atoms with van der Waals surface area (Å²) in [6.07, 6.45) is 7.12. The Kier molecular flexibility index (Phi) is 6.59. The van der Waals surface area contributed by atoms with Crippen molar-refractivity contribution in [3.8, 4) is 5.75 Å². The van der Waals surface area contributed by atoms with Crippen molar-refractivity contribution in [1.82, 2.24) is 5.32 Å². The Hall–Kier alpha value is -2.82. The molecule has 31 heavy (non-hydrogen) atoms. The molecule has 1 aliphatic heterocycles. The van der Waals surface area contributed by atoms with E-state index in [2.05, 4.69) is 41.8 Å². The van der Waals surface area contributed by atoms with Gasteiger partial charge in [0.05, 0.1) is 6.61 Å². The fourth-order valence-electron chi connectivity index (χ4n) is 4.82. The normalized spacial score (nSPS) is 17.0. The highest BCUT2D eigenvalue weighted by Gasteiger charge is 2.35. The summed E-state index contributed by atoms with van der Waals surface area (Å²) in [6, 6.07) is 14.5. The molecule has 5 nitrogen and oxygen atoms in total. The number of hydrogen-bond acceptors (Lipinski definition) is 3. The maximum absolute atomic E-state index is 12.5. The summed E-state index contributed by atoms with van der Waals surface area (Å²) in [5.74, 6) is 0.948. The van der Waals surface area contributed by atoms with E-state index in [1.54, 1.807) is 0 Å². The van der Waals surface area contributed by atoms with E-state index in [0.717, 1.165) is 36.3 Å². The number of benzene rings is 2. The summed E-state index contributed by atoms with van der Waals surface area (Å²) < 4.78 is 5.84. The van der Waals surface area contributed by atoms with E-state index in [1.807, 2.05) is 18.2 Å². The first-order valence-corrected chi connectivity index (χ1v) is 11.4. The quantitative estimate of drug-likeness (QED) is 0.610. The van der Waals surface area contributed by atoms with Crippen molar-refractivity contribution in [2.24, 2.45) is 0 Å². The molecule has 0 spiro atoms. The Morgan fingerprint density at radius 1 is 1.13 bits per heavy atom. The molecule has 1 saturated carbocycles. The van der Waals surface area contributed by atoms with Crippen LogP contribution in [0.25, 0.3) is 0 Å². The molecule has 2 aromatic rings. The number of carbonyl (C=O) groups is 2. The van der Waals surface area contributed by atoms with Gasteiger partial charge in [-0.3, -0.25) is 9.59 Å². The number of carbonyl (C=O) groups excluding carboxylic acids is 2. The lowest BCUT2D eigenvalue weighted by Crippen LogP contribution is -2.39. The lowest BCUT2D eigenvalue weighted by atomic mass is 9.78. The molecule has 164 valence electrons. The van der Waals surface area contributed by atoms with Gasteiger partial charge in [-0.15, -0.1) is 0 Å². The molecule has 0 atom stereocenters. The van der Waals surface area contributed by atoms with Gasteiger partial charge < -0.3 is 15.4 Å². The summed E-state index contributed by atoms with van der Waals surface area (Å²) >= 11 is 0. The van der Waals surface area contributed by atoms with Gasteiger partial charge >= 0.3 is 0 Å². The maximum atomic E-state index is 12.5. The smallest absolute Gasteiger partial charge is 0.224 e. The van der Waals surface area contributed by atoms with Crippen LogP contribution in [0.5, 0.6) is 5.75 Å². The second-order valence-electron chi connectivity index (χ2n) is 8.95. The lowest BCUT2D eigenvalue weighted by Gasteiger charge is -2.30. The minimum absolute atomic E-state index is 0.0639. The average Bonchev–Trinajstić information content (AvgIpc) is 3.26. The molecule has 0 aromatic heterocycles. The fraction of sp³-hybridized carbons (Fsp3) is 0.462. The minimum atomic E-state index is 0.0639. The summed E-state index contributed by atoms with van der Waals surface area (Å²) in [5.41, 5.74) is 4.69. The molecule has 5 heteroatoms. The number of amides is 2. The van der Waals surface area contributed by atoms with Crippen LogP contribution in [-0.4, -0.2) is 25.0 Å². The van der Waals surface area contributed by atoms with Gasteiger partial charge in [0.1, 0.15) is 5.75 Å². The van der Waals surface area contributed by atoms with E-state index >= 15 is 0 Å². The van der Waals surface area contributed by atoms with Crippen molar-refractivity contribution in [2.45, 2.75) is 63.7 Å². The second-order valence-corrected chi connectivity index (χ2v) is 8.95. The fourth-order valence-corrected chi connectivity index (χ4v) is 4.82. The maximum Gasteiger partial charge on any atom is 0.224 e. The van der Waals surface area contributed by atoms with Crippen molar-refractivity contribution in [1.29, 1.82) is 0 Å². The first-order valence-electron chi connectivity index (χ1n) is 11.4. The zero-order valence-electron chi connectivity index (χ0n) is 18.3. The van der Waals surface area contributed by atoms with E-state index in [1.165, 1.54) is 24.0 Å². The Balaban J connectivity index is 1.23. The molecule has 2 aliphatic rings. The highest BCUT2D eigenvalue weighted by Crippen LogP contribution is 2.40. The number of aryl methyl sites for hydroxylation is 2. The van der Waals surface area contributed by atoms with E-state index in [9.17, 15) is 9.59 Å². The molecular formula is C26H32N2O3. The number of fused-ring (bicyclic) bond motifs is 1. The van der Waals surface area contributed by atoms with Gasteiger partial charge in [-0.1, -0.05) is 42.7 Å². The first-order chi connectivity index (χ1) is 15.0. The van der Waals surface area contributed by atoms with Crippen LogP contribution in [0.3, 0.4) is 0 Å². The molecule has 2 N–H and O–H groups in total. The monoisotopic (exact) mass is 420 g/mol. The summed E-state index contributed by atoms with van der Waals surface area (Å²) in [4.78, 5) is 23.9. The molecule has 1 aliphatic carbocycles. The number of anilines is 1. The van der Waals surface area contributed by atoms with Crippen LogP contribution >= 0.6 is 0 Å². The van der Waals surface area contributed by atoms with Crippen LogP contribution in [0.4, 0.5) is 5.69 Å². The van der Waals surface area contributed by atoms with Crippen molar-refractivity contribution in [3.05, 3.63) is 59.2 Å². The Labute approximate surface area is 184 Å². The third-order valence-electron chi connectivity index (χ3n) is 6.60. The summed E-state index contributed by atoms with van der Waals surface area (Å²) in [7, 11) is 0. The number of ether oxygens (including phenoxy) is 1. The van der Waals surface area contributed by atoms with E-state index in [4.69, 9.17) is 4.74 Å². The highest BCUT2D eigenvalue weighted by molar-refractivity contribution is 5.94. The zero-order valence-corrected chi connectivity index (χ0v) is 18.3. The topological polar surface area (TPSA) is 67.4 Å². The van der Waals surface area contributed by atoms with Crippen molar-refractivity contribution >= 4 is 17.5 Å². The van der Waals surface area contributed by atoms with E-state index in [-0.39, 0.29) is 17.2 Å². The third-order valence-corrected chi connectivity index (χ3v) is 6.60. The number of hydrogen-bond donors (Lipinski definition) is 2. The largest absolute Gasteiger partial charge is 0.494 e. The van der Waals surface area contributed by atoms with Gasteiger partial charge in [0.25, 0.3) is 0 Å². The average molecular weight is 421 g/mol. The minimum Gasteiger partial charge on any atom is -0.494 e. The van der Waals surface area contributed by atoms with Crippen LogP contribution in [0, 0.1) is 6.92 Å². The van der Waals surface area contributed by atoms with Crippen molar-refractivity contribution < 1.29 is 14.3 Å². The molecule has 4 rings (SSSR count). The van der Waals surface area contributed by atoms with Gasteiger partial charge in [0.2, 0.25) is 11.8 Å². The molecule has 1 fully saturated rings. The zero-order chi connectivity index (χ0) is 21.7. The molecule has 1 heterocycles. The molecular weight excluding hydrogens is 388 g/mol. The van der Waals surface area contributed by atoms with Crippen molar-refractivity contribution in [2.75, 3.05) is 18.5 Å². The highest BCUT2D eigenvalue weighted by atomic mass is 16.5. The lowest BCUT2D eigenvalue weighted by molar-refractivity contribution is -0.121. The second kappa shape index (κ2) is 9.54. The molecule has 0 bridgehead atoms. The van der Waals surface area contributed by atoms with Gasteiger partial charge in [-0.05, 0) is 61.9 Å². The molecule has 0 radical (unpaired) electrons. The van der Waals surface area contributed by atoms with Crippen LogP contribution in [-0.2, 0) is 21.4 Å². The number of nitrogens with one attached hydrogen (secondary N) is 2. The summed E-state index contributed by atoms with van der Waals surface area (Å²) in [6.45, 7) is 3.34. The predicted octanol–water partition coefficient (Wildman–Crippen LogP) is 4.67.